The molecule has 1 aromatic heterocycles. The van der Waals surface area contributed by atoms with Gasteiger partial charge in [-0.2, -0.15) is 15.0 Å². The van der Waals surface area contributed by atoms with Crippen molar-refractivity contribution in [2.45, 2.75) is 25.8 Å². The number of nitrogens with zero attached hydrogens (tertiary/aromatic N) is 3. The fourth-order valence-electron chi connectivity index (χ4n) is 1.27. The number of nitrogens with one attached hydrogen (secondary N) is 2. The molecule has 1 aliphatic carbocycles. The molecule has 7 nitrogen and oxygen atoms in total. The number of carbonyl (C=O) groups is 1. The highest BCUT2D eigenvalue weighted by Gasteiger charge is 2.23. The maximum absolute atomic E-state index is 11.5. The molecule has 2 N–H and O–H groups in total. The van der Waals surface area contributed by atoms with Crippen molar-refractivity contribution in [3.63, 3.8) is 0 Å². The highest BCUT2D eigenvalue weighted by Crippen LogP contribution is 2.18. The van der Waals surface area contributed by atoms with E-state index in [-0.39, 0.29) is 29.7 Å². The lowest BCUT2D eigenvalue weighted by Crippen LogP contribution is -2.31. The predicted octanol–water partition coefficient (Wildman–Crippen LogP) is 0.614. The summed E-state index contributed by atoms with van der Waals surface area (Å²) < 4.78 is 5.12. The first kappa shape index (κ1) is 12.8. The fraction of sp³-hybridized carbons (Fsp3) is 0.600. The van der Waals surface area contributed by atoms with Crippen LogP contribution in [0.25, 0.3) is 0 Å². The summed E-state index contributed by atoms with van der Waals surface area (Å²) in [7, 11) is 0. The number of anilines is 1. The minimum Gasteiger partial charge on any atom is -0.464 e. The first-order chi connectivity index (χ1) is 8.67. The largest absolute Gasteiger partial charge is 0.464 e. The Balaban J connectivity index is 1.88. The van der Waals surface area contributed by atoms with Gasteiger partial charge in [-0.05, 0) is 31.4 Å². The Morgan fingerprint density at radius 2 is 2.22 bits per heavy atom. The van der Waals surface area contributed by atoms with Crippen molar-refractivity contribution in [1.82, 2.24) is 20.3 Å². The molecular weight excluding hydrogens is 258 g/mol. The average molecular weight is 272 g/mol. The summed E-state index contributed by atoms with van der Waals surface area (Å²) in [5.41, 5.74) is 0. The van der Waals surface area contributed by atoms with Crippen LogP contribution in [-0.4, -0.2) is 40.1 Å². The lowest BCUT2D eigenvalue weighted by Gasteiger charge is -2.07. The SMILES string of the molecule is CCOc1nc(Cl)nc(NCC(=O)NC2CC2)n1. The smallest absolute Gasteiger partial charge is 0.322 e. The molecule has 0 saturated heterocycles. The van der Waals surface area contributed by atoms with Crippen LogP contribution >= 0.6 is 11.6 Å². The summed E-state index contributed by atoms with van der Waals surface area (Å²) in [6, 6.07) is 0.475. The Morgan fingerprint density at radius 1 is 1.44 bits per heavy atom. The molecule has 1 fully saturated rings. The van der Waals surface area contributed by atoms with E-state index in [4.69, 9.17) is 16.3 Å². The third-order valence-corrected chi connectivity index (χ3v) is 2.38. The van der Waals surface area contributed by atoms with Gasteiger partial charge in [-0.1, -0.05) is 0 Å². The Bertz CT molecular complexity index is 438. The van der Waals surface area contributed by atoms with Crippen molar-refractivity contribution < 1.29 is 9.53 Å². The van der Waals surface area contributed by atoms with E-state index in [0.717, 1.165) is 12.8 Å². The second kappa shape index (κ2) is 5.81. The van der Waals surface area contributed by atoms with E-state index in [1.54, 1.807) is 0 Å². The number of carbonyl (C=O) groups excluding carboxylic acids is 1. The first-order valence-electron chi connectivity index (χ1n) is 5.75. The van der Waals surface area contributed by atoms with Gasteiger partial charge in [0.1, 0.15) is 0 Å². The van der Waals surface area contributed by atoms with E-state index >= 15 is 0 Å². The molecule has 8 heteroatoms. The van der Waals surface area contributed by atoms with Crippen LogP contribution in [0.3, 0.4) is 0 Å². The maximum Gasteiger partial charge on any atom is 0.322 e. The standard InChI is InChI=1S/C10H14ClN5O2/c1-2-18-10-15-8(11)14-9(16-10)12-5-7(17)13-6-3-4-6/h6H,2-5H2,1H3,(H,13,17)(H,12,14,15,16). The average Bonchev–Trinajstić information content (AvgIpc) is 3.10. The van der Waals surface area contributed by atoms with E-state index in [9.17, 15) is 4.79 Å². The van der Waals surface area contributed by atoms with Crippen LogP contribution in [0.1, 0.15) is 19.8 Å². The van der Waals surface area contributed by atoms with E-state index in [1.165, 1.54) is 0 Å². The molecular formula is C10H14ClN5O2. The number of halogens is 1. The Morgan fingerprint density at radius 3 is 2.89 bits per heavy atom. The zero-order valence-electron chi connectivity index (χ0n) is 9.94. The normalized spacial score (nSPS) is 14.1. The van der Waals surface area contributed by atoms with Crippen molar-refractivity contribution >= 4 is 23.5 Å². The third-order valence-electron chi connectivity index (χ3n) is 2.21. The molecule has 0 atom stereocenters. The number of hydrogen-bond donors (Lipinski definition) is 2. The third kappa shape index (κ3) is 3.99. The van der Waals surface area contributed by atoms with Crippen LogP contribution in [-0.2, 0) is 4.79 Å². The van der Waals surface area contributed by atoms with Gasteiger partial charge in [0.25, 0.3) is 0 Å². The topological polar surface area (TPSA) is 89.0 Å². The van der Waals surface area contributed by atoms with Crippen LogP contribution in [0.2, 0.25) is 5.28 Å². The number of amides is 1. The minimum atomic E-state index is -0.0907. The molecule has 2 rings (SSSR count). The highest BCUT2D eigenvalue weighted by atomic mass is 35.5. The molecule has 98 valence electrons. The van der Waals surface area contributed by atoms with Crippen LogP contribution in [0.5, 0.6) is 6.01 Å². The van der Waals surface area contributed by atoms with Crippen LogP contribution < -0.4 is 15.4 Å². The predicted molar refractivity (Wildman–Crippen MR) is 65.7 cm³/mol. The van der Waals surface area contributed by atoms with E-state index in [1.807, 2.05) is 6.92 Å². The second-order valence-corrected chi connectivity index (χ2v) is 4.18. The Hall–Kier alpha value is -1.63. The molecule has 0 radical (unpaired) electrons. The van der Waals surface area contributed by atoms with Crippen molar-refractivity contribution in [3.8, 4) is 6.01 Å². The number of aromatic nitrogens is 3. The van der Waals surface area contributed by atoms with Crippen molar-refractivity contribution in [1.29, 1.82) is 0 Å². The summed E-state index contributed by atoms with van der Waals surface area (Å²) in [5.74, 6) is 0.136. The van der Waals surface area contributed by atoms with Gasteiger partial charge in [0.05, 0.1) is 13.2 Å². The number of hydrogen-bond acceptors (Lipinski definition) is 6. The van der Waals surface area contributed by atoms with Crippen molar-refractivity contribution in [3.05, 3.63) is 5.28 Å². The molecule has 18 heavy (non-hydrogen) atoms. The zero-order valence-corrected chi connectivity index (χ0v) is 10.7. The van der Waals surface area contributed by atoms with Crippen LogP contribution in [0.15, 0.2) is 0 Å². The van der Waals surface area contributed by atoms with Gasteiger partial charge in [0, 0.05) is 6.04 Å². The zero-order chi connectivity index (χ0) is 13.0. The van der Waals surface area contributed by atoms with Gasteiger partial charge in [-0.15, -0.1) is 0 Å². The molecule has 1 aliphatic rings. The van der Waals surface area contributed by atoms with E-state index in [0.29, 0.717) is 12.6 Å². The molecule has 1 saturated carbocycles. The minimum absolute atomic E-state index is 0.0264. The molecule has 1 heterocycles. The van der Waals surface area contributed by atoms with Crippen LogP contribution in [0.4, 0.5) is 5.95 Å². The molecule has 0 aliphatic heterocycles. The van der Waals surface area contributed by atoms with Crippen molar-refractivity contribution in [2.24, 2.45) is 0 Å². The van der Waals surface area contributed by atoms with Gasteiger partial charge in [0.2, 0.25) is 17.1 Å². The quantitative estimate of drug-likeness (QED) is 0.788. The highest BCUT2D eigenvalue weighted by molar-refractivity contribution is 6.28. The van der Waals surface area contributed by atoms with Gasteiger partial charge < -0.3 is 15.4 Å². The summed E-state index contributed by atoms with van der Waals surface area (Å²) in [5, 5.41) is 5.65. The van der Waals surface area contributed by atoms with Crippen molar-refractivity contribution in [2.75, 3.05) is 18.5 Å². The van der Waals surface area contributed by atoms with Gasteiger partial charge in [-0.3, -0.25) is 4.79 Å². The molecule has 0 spiro atoms. The summed E-state index contributed by atoms with van der Waals surface area (Å²) >= 11 is 5.71. The number of rotatable bonds is 6. The molecule has 0 bridgehead atoms. The van der Waals surface area contributed by atoms with E-state index in [2.05, 4.69) is 25.6 Å². The summed E-state index contributed by atoms with van der Waals surface area (Å²) in [4.78, 5) is 23.1. The maximum atomic E-state index is 11.5. The Kier molecular flexibility index (Phi) is 4.14. The molecule has 0 unspecified atom stereocenters. The Labute approximate surface area is 109 Å². The first-order valence-corrected chi connectivity index (χ1v) is 6.12. The second-order valence-electron chi connectivity index (χ2n) is 3.84. The summed E-state index contributed by atoms with van der Waals surface area (Å²) in [6.07, 6.45) is 2.11. The van der Waals surface area contributed by atoms with Gasteiger partial charge >= 0.3 is 6.01 Å². The molecule has 1 aromatic rings. The monoisotopic (exact) mass is 271 g/mol. The lowest BCUT2D eigenvalue weighted by atomic mass is 10.5. The number of ether oxygens (including phenoxy) is 1. The molecule has 0 aromatic carbocycles. The summed E-state index contributed by atoms with van der Waals surface area (Å²) in [6.45, 7) is 2.35. The fourth-order valence-corrected chi connectivity index (χ4v) is 1.42. The lowest BCUT2D eigenvalue weighted by molar-refractivity contribution is -0.119. The van der Waals surface area contributed by atoms with E-state index < -0.39 is 0 Å². The van der Waals surface area contributed by atoms with Gasteiger partial charge in [-0.25, -0.2) is 0 Å². The molecule has 1 amide bonds. The van der Waals surface area contributed by atoms with Crippen LogP contribution in [0, 0.1) is 0 Å². The van der Waals surface area contributed by atoms with Gasteiger partial charge in [0.15, 0.2) is 0 Å².